The summed E-state index contributed by atoms with van der Waals surface area (Å²) in [4.78, 5) is 11.9. The van der Waals surface area contributed by atoms with Gasteiger partial charge >= 0.3 is 0 Å². The van der Waals surface area contributed by atoms with E-state index in [9.17, 15) is 5.11 Å². The minimum absolute atomic E-state index is 0.171. The summed E-state index contributed by atoms with van der Waals surface area (Å²) >= 11 is 7.32. The molecule has 0 bridgehead atoms. The Labute approximate surface area is 161 Å². The Kier molecular flexibility index (Phi) is 4.90. The van der Waals surface area contributed by atoms with Crippen LogP contribution in [-0.4, -0.2) is 44.4 Å². The predicted octanol–water partition coefficient (Wildman–Crippen LogP) is 2.87. The van der Waals surface area contributed by atoms with E-state index in [-0.39, 0.29) is 10.9 Å². The predicted molar refractivity (Wildman–Crippen MR) is 101 cm³/mol. The van der Waals surface area contributed by atoms with E-state index in [1.54, 1.807) is 12.4 Å². The van der Waals surface area contributed by atoms with Crippen molar-refractivity contribution in [3.8, 4) is 5.88 Å². The molecule has 2 aromatic rings. The Hall–Kier alpha value is -1.64. The average molecular weight is 393 g/mol. The summed E-state index contributed by atoms with van der Waals surface area (Å²) in [6.45, 7) is 1.95. The first kappa shape index (κ1) is 17.8. The maximum atomic E-state index is 9.53. The van der Waals surface area contributed by atoms with E-state index in [1.165, 1.54) is 30.8 Å². The van der Waals surface area contributed by atoms with Gasteiger partial charge in [-0.1, -0.05) is 29.8 Å². The summed E-state index contributed by atoms with van der Waals surface area (Å²) in [5.41, 5.74) is 6.70. The number of rotatable bonds is 3. The summed E-state index contributed by atoms with van der Waals surface area (Å²) in [6, 6.07) is 0.352. The van der Waals surface area contributed by atoms with Crippen molar-refractivity contribution < 1.29 is 5.11 Å². The molecular weight excluding hydrogens is 372 g/mol. The van der Waals surface area contributed by atoms with Gasteiger partial charge in [0.25, 0.3) is 5.88 Å². The summed E-state index contributed by atoms with van der Waals surface area (Å²) in [5.74, 6) is 0.603. The van der Waals surface area contributed by atoms with Crippen molar-refractivity contribution in [2.24, 2.45) is 11.1 Å². The van der Waals surface area contributed by atoms with Crippen molar-refractivity contribution in [2.75, 3.05) is 18.0 Å². The Morgan fingerprint density at radius 3 is 2.65 bits per heavy atom. The van der Waals surface area contributed by atoms with Gasteiger partial charge in [0, 0.05) is 19.1 Å². The van der Waals surface area contributed by atoms with Crippen LogP contribution in [0.3, 0.4) is 0 Å². The highest BCUT2D eigenvalue weighted by Gasteiger charge is 2.42. The van der Waals surface area contributed by atoms with E-state index in [0.29, 0.717) is 21.4 Å². The molecule has 0 aromatic carbocycles. The number of aromatic nitrogens is 4. The molecule has 0 unspecified atom stereocenters. The molecule has 7 nitrogen and oxygen atoms in total. The van der Waals surface area contributed by atoms with Crippen LogP contribution in [0.15, 0.2) is 28.5 Å². The molecule has 2 fully saturated rings. The lowest BCUT2D eigenvalue weighted by Gasteiger charge is -2.42. The molecule has 0 radical (unpaired) electrons. The summed E-state index contributed by atoms with van der Waals surface area (Å²) in [7, 11) is 0. The number of nitrogens with zero attached hydrogens (tertiary/aromatic N) is 5. The van der Waals surface area contributed by atoms with Gasteiger partial charge in [-0.25, -0.2) is 9.97 Å². The third-order valence-corrected chi connectivity index (χ3v) is 7.06. The second-order valence-corrected chi connectivity index (χ2v) is 8.45. The van der Waals surface area contributed by atoms with Gasteiger partial charge in [-0.2, -0.15) is 5.10 Å². The van der Waals surface area contributed by atoms with Crippen LogP contribution in [0.4, 0.5) is 5.82 Å². The molecule has 3 heterocycles. The van der Waals surface area contributed by atoms with Crippen molar-refractivity contribution in [3.63, 3.8) is 0 Å². The van der Waals surface area contributed by atoms with Crippen LogP contribution in [0.5, 0.6) is 5.88 Å². The van der Waals surface area contributed by atoms with Crippen molar-refractivity contribution in [1.82, 2.24) is 20.2 Å². The normalized spacial score (nSPS) is 22.1. The molecule has 138 valence electrons. The van der Waals surface area contributed by atoms with Crippen LogP contribution in [-0.2, 0) is 0 Å². The third kappa shape index (κ3) is 3.33. The molecule has 3 N–H and O–H groups in total. The quantitative estimate of drug-likeness (QED) is 0.822. The number of anilines is 1. The standard InChI is InChI=1S/C17H21ClN6OS/c18-15-11(8-22-23-16(15)25)26-14-10-20-13(9-21-14)24-6-4-17(5-7-24)3-1-2-12(17)19/h8-10,12H,1-7,19H2,(H,23,25)/t12-/m1/s1. The molecule has 26 heavy (non-hydrogen) atoms. The van der Waals surface area contributed by atoms with Gasteiger partial charge in [-0.15, -0.1) is 5.10 Å². The molecule has 2 aliphatic rings. The van der Waals surface area contributed by atoms with Gasteiger partial charge < -0.3 is 15.7 Å². The summed E-state index contributed by atoms with van der Waals surface area (Å²) in [5, 5.41) is 17.6. The Balaban J connectivity index is 1.41. The molecule has 1 aliphatic heterocycles. The largest absolute Gasteiger partial charge is 0.491 e. The molecule has 1 spiro atoms. The first-order valence-electron chi connectivity index (χ1n) is 8.78. The molecule has 1 saturated carbocycles. The van der Waals surface area contributed by atoms with E-state index in [2.05, 4.69) is 25.1 Å². The van der Waals surface area contributed by atoms with Gasteiger partial charge in [0.1, 0.15) is 15.9 Å². The van der Waals surface area contributed by atoms with Crippen LogP contribution < -0.4 is 10.6 Å². The summed E-state index contributed by atoms with van der Waals surface area (Å²) in [6.07, 6.45) is 10.9. The zero-order valence-electron chi connectivity index (χ0n) is 14.3. The lowest BCUT2D eigenvalue weighted by Crippen LogP contribution is -2.47. The van der Waals surface area contributed by atoms with Gasteiger partial charge in [-0.05, 0) is 31.1 Å². The fourth-order valence-electron chi connectivity index (χ4n) is 4.02. The zero-order chi connectivity index (χ0) is 18.1. The van der Waals surface area contributed by atoms with E-state index in [4.69, 9.17) is 17.3 Å². The van der Waals surface area contributed by atoms with E-state index in [0.717, 1.165) is 38.2 Å². The molecule has 1 aliphatic carbocycles. The Morgan fingerprint density at radius 1 is 1.19 bits per heavy atom. The monoisotopic (exact) mass is 392 g/mol. The van der Waals surface area contributed by atoms with Gasteiger partial charge in [0.2, 0.25) is 0 Å². The third-order valence-electron chi connectivity index (χ3n) is 5.63. The van der Waals surface area contributed by atoms with E-state index >= 15 is 0 Å². The number of hydrogen-bond donors (Lipinski definition) is 2. The minimum atomic E-state index is -0.284. The molecular formula is C17H21ClN6OS. The lowest BCUT2D eigenvalue weighted by atomic mass is 9.74. The fraction of sp³-hybridized carbons (Fsp3) is 0.529. The van der Waals surface area contributed by atoms with Crippen LogP contribution in [0.2, 0.25) is 5.02 Å². The van der Waals surface area contributed by atoms with Crippen LogP contribution in [0.1, 0.15) is 32.1 Å². The molecule has 2 aromatic heterocycles. The number of aromatic hydroxyl groups is 1. The van der Waals surface area contributed by atoms with Gasteiger partial charge in [0.05, 0.1) is 23.5 Å². The number of piperidine rings is 1. The van der Waals surface area contributed by atoms with Crippen molar-refractivity contribution in [1.29, 1.82) is 0 Å². The Bertz CT molecular complexity index is 781. The summed E-state index contributed by atoms with van der Waals surface area (Å²) < 4.78 is 0. The second kappa shape index (κ2) is 7.17. The fourth-order valence-corrected chi connectivity index (χ4v) is 4.94. The number of nitrogens with two attached hydrogens (primary N) is 1. The van der Waals surface area contributed by atoms with E-state index < -0.39 is 0 Å². The first-order valence-corrected chi connectivity index (χ1v) is 9.97. The molecule has 4 rings (SSSR count). The lowest BCUT2D eigenvalue weighted by molar-refractivity contribution is 0.197. The number of hydrogen-bond acceptors (Lipinski definition) is 8. The highest BCUT2D eigenvalue weighted by atomic mass is 35.5. The second-order valence-electron chi connectivity index (χ2n) is 7.01. The molecule has 1 saturated heterocycles. The minimum Gasteiger partial charge on any atom is -0.491 e. The topological polar surface area (TPSA) is 101 Å². The van der Waals surface area contributed by atoms with Crippen molar-refractivity contribution in [2.45, 2.75) is 48.1 Å². The van der Waals surface area contributed by atoms with Crippen LogP contribution in [0, 0.1) is 5.41 Å². The van der Waals surface area contributed by atoms with Gasteiger partial charge in [0.15, 0.2) is 0 Å². The smallest absolute Gasteiger partial charge is 0.251 e. The number of halogens is 1. The average Bonchev–Trinajstić information content (AvgIpc) is 3.00. The van der Waals surface area contributed by atoms with Crippen LogP contribution in [0.25, 0.3) is 0 Å². The zero-order valence-corrected chi connectivity index (χ0v) is 15.9. The van der Waals surface area contributed by atoms with Crippen molar-refractivity contribution in [3.05, 3.63) is 23.6 Å². The first-order chi connectivity index (χ1) is 12.6. The highest BCUT2D eigenvalue weighted by Crippen LogP contribution is 2.45. The van der Waals surface area contributed by atoms with Gasteiger partial charge in [-0.3, -0.25) is 0 Å². The van der Waals surface area contributed by atoms with E-state index in [1.807, 2.05) is 0 Å². The molecule has 9 heteroatoms. The SMILES string of the molecule is N[C@@H]1CCCC12CCN(c1cnc(Sc3cnnc(O)c3Cl)cn1)CC2. The molecule has 1 atom stereocenters. The molecule has 0 amide bonds. The van der Waals surface area contributed by atoms with Crippen molar-refractivity contribution >= 4 is 29.2 Å². The highest BCUT2D eigenvalue weighted by molar-refractivity contribution is 7.99. The van der Waals surface area contributed by atoms with Crippen LogP contribution >= 0.6 is 23.4 Å². The Morgan fingerprint density at radius 2 is 2.00 bits per heavy atom. The maximum Gasteiger partial charge on any atom is 0.251 e. The maximum absolute atomic E-state index is 9.53.